The third-order valence-corrected chi connectivity index (χ3v) is 9.07. The monoisotopic (exact) mass is 466 g/mol. The van der Waals surface area contributed by atoms with Gasteiger partial charge >= 0.3 is 0 Å². The molecule has 2 nitrogen and oxygen atoms in total. The molecule has 4 aromatic carbocycles. The van der Waals surface area contributed by atoms with E-state index in [1.807, 2.05) is 36.0 Å². The molecule has 164 valence electrons. The summed E-state index contributed by atoms with van der Waals surface area (Å²) in [5, 5.41) is 2.60. The van der Waals surface area contributed by atoms with Gasteiger partial charge in [0, 0.05) is 23.9 Å². The second-order valence-corrected chi connectivity index (χ2v) is 10.9. The summed E-state index contributed by atoms with van der Waals surface area (Å²) in [4.78, 5) is 4.34. The predicted octanol–water partition coefficient (Wildman–Crippen LogP) is 7.76. The Labute approximate surface area is 204 Å². The van der Waals surface area contributed by atoms with Crippen LogP contribution in [0.5, 0.6) is 0 Å². The zero-order valence-electron chi connectivity index (χ0n) is 18.4. The summed E-state index contributed by atoms with van der Waals surface area (Å²) in [6.45, 7) is 0.843. The largest absolute Gasteiger partial charge is 0.335 e. The summed E-state index contributed by atoms with van der Waals surface area (Å²) < 4.78 is 2.03. The van der Waals surface area contributed by atoms with Crippen molar-refractivity contribution >= 4 is 34.3 Å². The lowest BCUT2D eigenvalue weighted by molar-refractivity contribution is 0.651. The summed E-state index contributed by atoms with van der Waals surface area (Å²) in [5.74, 6) is 1.89. The van der Waals surface area contributed by atoms with Gasteiger partial charge in [0.25, 0.3) is 0 Å². The number of benzene rings is 4. The Hall–Kier alpha value is -2.95. The summed E-state index contributed by atoms with van der Waals surface area (Å²) >= 11 is 4.04. The number of fused-ring (bicyclic) bond motifs is 1. The van der Waals surface area contributed by atoms with Crippen LogP contribution >= 0.6 is 23.5 Å². The molecule has 33 heavy (non-hydrogen) atoms. The number of nitrogens with zero attached hydrogens (tertiary/aromatic N) is 2. The molecule has 0 fully saturated rings. The highest BCUT2D eigenvalue weighted by Gasteiger charge is 2.35. The van der Waals surface area contributed by atoms with Crippen LogP contribution in [0.25, 0.3) is 10.8 Å². The lowest BCUT2D eigenvalue weighted by Crippen LogP contribution is -2.25. The first-order valence-corrected chi connectivity index (χ1v) is 13.1. The molecule has 0 aliphatic carbocycles. The van der Waals surface area contributed by atoms with Gasteiger partial charge in [-0.3, -0.25) is 0 Å². The Morgan fingerprint density at radius 3 is 1.91 bits per heavy atom. The molecular formula is C29H26N2S2. The van der Waals surface area contributed by atoms with Gasteiger partial charge < -0.3 is 4.57 Å². The Kier molecular flexibility index (Phi) is 6.84. The molecule has 0 saturated carbocycles. The van der Waals surface area contributed by atoms with Gasteiger partial charge in [-0.15, -0.1) is 23.5 Å². The molecule has 1 heterocycles. The standard InChI is InChI=1S/C29H26N2S2/c1-3-10-24(11-4-1)20-32-29(22-31-19-18-30-23-31,33-21-25-12-5-2-6-13-25)28-17-9-15-26-14-7-8-16-27(26)28/h1-19,23H,20-22H2. The van der Waals surface area contributed by atoms with Gasteiger partial charge in [-0.2, -0.15) is 0 Å². The molecule has 5 aromatic rings. The normalized spacial score (nSPS) is 11.6. The van der Waals surface area contributed by atoms with Crippen LogP contribution < -0.4 is 0 Å². The second-order valence-electron chi connectivity index (χ2n) is 8.06. The topological polar surface area (TPSA) is 17.8 Å². The van der Waals surface area contributed by atoms with Crippen LogP contribution in [0, 0.1) is 0 Å². The first-order chi connectivity index (χ1) is 16.3. The van der Waals surface area contributed by atoms with E-state index in [9.17, 15) is 0 Å². The van der Waals surface area contributed by atoms with Gasteiger partial charge in [-0.1, -0.05) is 103 Å². The van der Waals surface area contributed by atoms with Crippen molar-refractivity contribution in [2.24, 2.45) is 0 Å². The number of rotatable bonds is 9. The Morgan fingerprint density at radius 2 is 1.27 bits per heavy atom. The van der Waals surface area contributed by atoms with E-state index in [2.05, 4.69) is 119 Å². The fourth-order valence-electron chi connectivity index (χ4n) is 4.10. The van der Waals surface area contributed by atoms with E-state index in [0.29, 0.717) is 0 Å². The van der Waals surface area contributed by atoms with Crippen LogP contribution in [0.3, 0.4) is 0 Å². The maximum atomic E-state index is 4.34. The molecular weight excluding hydrogens is 440 g/mol. The zero-order valence-corrected chi connectivity index (χ0v) is 20.0. The van der Waals surface area contributed by atoms with E-state index >= 15 is 0 Å². The minimum Gasteiger partial charge on any atom is -0.335 e. The zero-order chi connectivity index (χ0) is 22.3. The number of thioether (sulfide) groups is 2. The summed E-state index contributed by atoms with van der Waals surface area (Å²) in [5.41, 5.74) is 4.06. The molecule has 0 N–H and O–H groups in total. The Morgan fingerprint density at radius 1 is 0.667 bits per heavy atom. The number of hydrogen-bond donors (Lipinski definition) is 0. The molecule has 0 radical (unpaired) electrons. The van der Waals surface area contributed by atoms with Crippen molar-refractivity contribution in [3.8, 4) is 0 Å². The highest BCUT2D eigenvalue weighted by Crippen LogP contribution is 2.52. The molecule has 0 aliphatic rings. The lowest BCUT2D eigenvalue weighted by Gasteiger charge is -2.35. The van der Waals surface area contributed by atoms with Crippen molar-refractivity contribution in [3.63, 3.8) is 0 Å². The first-order valence-electron chi connectivity index (χ1n) is 11.1. The van der Waals surface area contributed by atoms with Crippen molar-refractivity contribution in [1.29, 1.82) is 0 Å². The van der Waals surface area contributed by atoms with Crippen LogP contribution in [0.2, 0.25) is 0 Å². The molecule has 1 aromatic heterocycles. The third-order valence-electron chi connectivity index (χ3n) is 5.78. The molecule has 4 heteroatoms. The van der Waals surface area contributed by atoms with Crippen molar-refractivity contribution in [2.75, 3.05) is 0 Å². The van der Waals surface area contributed by atoms with Gasteiger partial charge in [-0.05, 0) is 27.5 Å². The second kappa shape index (κ2) is 10.3. The van der Waals surface area contributed by atoms with E-state index in [4.69, 9.17) is 0 Å². The van der Waals surface area contributed by atoms with Crippen molar-refractivity contribution in [2.45, 2.75) is 22.1 Å². The minimum atomic E-state index is -0.187. The first kappa shape index (κ1) is 21.9. The van der Waals surface area contributed by atoms with Gasteiger partial charge in [0.1, 0.15) is 4.08 Å². The van der Waals surface area contributed by atoms with Crippen molar-refractivity contribution in [3.05, 3.63) is 139 Å². The molecule has 0 bridgehead atoms. The van der Waals surface area contributed by atoms with E-state index in [0.717, 1.165) is 18.1 Å². The average molecular weight is 467 g/mol. The number of aromatic nitrogens is 2. The molecule has 0 saturated heterocycles. The summed E-state index contributed by atoms with van der Waals surface area (Å²) in [6, 6.07) is 37.0. The molecule has 0 aliphatic heterocycles. The molecule has 0 unspecified atom stereocenters. The molecule has 5 rings (SSSR count). The fraction of sp³-hybridized carbons (Fsp3) is 0.138. The summed E-state index contributed by atoms with van der Waals surface area (Å²) in [6.07, 6.45) is 5.88. The smallest absolute Gasteiger partial charge is 0.105 e. The maximum Gasteiger partial charge on any atom is 0.105 e. The van der Waals surface area contributed by atoms with Gasteiger partial charge in [0.05, 0.1) is 12.9 Å². The van der Waals surface area contributed by atoms with Crippen LogP contribution in [-0.4, -0.2) is 9.55 Å². The minimum absolute atomic E-state index is 0.187. The van der Waals surface area contributed by atoms with Crippen molar-refractivity contribution < 1.29 is 0 Å². The van der Waals surface area contributed by atoms with E-state index in [1.165, 1.54) is 27.5 Å². The Bertz CT molecular complexity index is 1240. The highest BCUT2D eigenvalue weighted by molar-refractivity contribution is 8.16. The van der Waals surface area contributed by atoms with Gasteiger partial charge in [0.2, 0.25) is 0 Å². The SMILES string of the molecule is c1ccc(CSC(Cn2ccnc2)(SCc2ccccc2)c2cccc3ccccc23)cc1. The van der Waals surface area contributed by atoms with Crippen LogP contribution in [0.4, 0.5) is 0 Å². The molecule has 0 atom stereocenters. The van der Waals surface area contributed by atoms with E-state index < -0.39 is 0 Å². The predicted molar refractivity (Wildman–Crippen MR) is 143 cm³/mol. The maximum absolute atomic E-state index is 4.34. The van der Waals surface area contributed by atoms with Crippen LogP contribution in [-0.2, 0) is 22.1 Å². The highest BCUT2D eigenvalue weighted by atomic mass is 32.2. The number of imidazole rings is 1. The van der Waals surface area contributed by atoms with Gasteiger partial charge in [-0.25, -0.2) is 4.98 Å². The van der Waals surface area contributed by atoms with Crippen LogP contribution in [0.15, 0.2) is 122 Å². The lowest BCUT2D eigenvalue weighted by atomic mass is 10.0. The average Bonchev–Trinajstić information content (AvgIpc) is 3.40. The molecule has 0 amide bonds. The quantitative estimate of drug-likeness (QED) is 0.207. The third kappa shape index (κ3) is 5.18. The Balaban J connectivity index is 1.60. The van der Waals surface area contributed by atoms with E-state index in [1.54, 1.807) is 0 Å². The van der Waals surface area contributed by atoms with Crippen LogP contribution in [0.1, 0.15) is 16.7 Å². The molecule has 0 spiro atoms. The summed E-state index contributed by atoms with van der Waals surface area (Å²) in [7, 11) is 0. The number of hydrogen-bond acceptors (Lipinski definition) is 3. The van der Waals surface area contributed by atoms with Crippen molar-refractivity contribution in [1.82, 2.24) is 9.55 Å². The van der Waals surface area contributed by atoms with E-state index in [-0.39, 0.29) is 4.08 Å². The fourth-order valence-corrected chi connectivity index (χ4v) is 7.12. The van der Waals surface area contributed by atoms with Gasteiger partial charge in [0.15, 0.2) is 0 Å².